The van der Waals surface area contributed by atoms with Crippen molar-refractivity contribution in [3.05, 3.63) is 39.3 Å². The van der Waals surface area contributed by atoms with E-state index in [1.54, 1.807) is 12.1 Å². The maximum atomic E-state index is 10.9. The molecule has 0 saturated heterocycles. The molecule has 1 aromatic heterocycles. The minimum Gasteiger partial charge on any atom is -0.361 e. The van der Waals surface area contributed by atoms with Crippen LogP contribution in [0.1, 0.15) is 4.88 Å². The second-order valence-electron chi connectivity index (χ2n) is 3.84. The molecule has 2 amide bonds. The molecule has 114 valence electrons. The number of benzene rings is 1. The highest BCUT2D eigenvalue weighted by atomic mass is 35.5. The van der Waals surface area contributed by atoms with Crippen LogP contribution in [0.4, 0.5) is 10.8 Å². The van der Waals surface area contributed by atoms with Crippen LogP contribution in [0.5, 0.6) is 0 Å². The predicted molar refractivity (Wildman–Crippen MR) is 86.8 cm³/mol. The van der Waals surface area contributed by atoms with E-state index in [0.717, 1.165) is 0 Å². The normalized spacial score (nSPS) is 10.6. The predicted octanol–water partition coefficient (Wildman–Crippen LogP) is 2.13. The number of hydrazone groups is 1. The van der Waals surface area contributed by atoms with Gasteiger partial charge in [-0.2, -0.15) is 5.10 Å². The van der Waals surface area contributed by atoms with Gasteiger partial charge in [0, 0.05) is 0 Å². The highest BCUT2D eigenvalue weighted by molar-refractivity contribution is 7.17. The Bertz CT molecular complexity index is 747. The molecule has 2 aromatic rings. The van der Waals surface area contributed by atoms with E-state index in [0.29, 0.717) is 20.7 Å². The van der Waals surface area contributed by atoms with Crippen molar-refractivity contribution >= 4 is 63.4 Å². The third kappa shape index (κ3) is 4.17. The third-order valence-electron chi connectivity index (χ3n) is 2.30. The number of nitrogens with one attached hydrogen (secondary N) is 2. The molecule has 22 heavy (non-hydrogen) atoms. The number of nitrogens with zero attached hydrogens (tertiary/aromatic N) is 2. The quantitative estimate of drug-likeness (QED) is 0.442. The minimum atomic E-state index is -1.13. The zero-order valence-electron chi connectivity index (χ0n) is 10.8. The van der Waals surface area contributed by atoms with Crippen molar-refractivity contribution in [2.45, 2.75) is 0 Å². The first-order valence-corrected chi connectivity index (χ1v) is 7.35. The average Bonchev–Trinajstić information content (AvgIpc) is 2.81. The number of rotatable bonds is 4. The zero-order valence-corrected chi connectivity index (χ0v) is 13.2. The van der Waals surface area contributed by atoms with Crippen LogP contribution in [0.15, 0.2) is 29.4 Å². The summed E-state index contributed by atoms with van der Waals surface area (Å²) in [5, 5.41) is 7.82. The number of aromatic nitrogens is 1. The largest absolute Gasteiger partial charge is 0.361 e. The number of carbonyl (C=O) groups is 2. The summed E-state index contributed by atoms with van der Waals surface area (Å²) in [6.45, 7) is 0. The number of halogens is 2. The Labute approximate surface area is 139 Å². The summed E-state index contributed by atoms with van der Waals surface area (Å²) < 4.78 is 0. The van der Waals surface area contributed by atoms with Gasteiger partial charge in [-0.3, -0.25) is 9.59 Å². The Morgan fingerprint density at radius 3 is 2.73 bits per heavy atom. The molecular formula is C12H9Cl2N5O2S. The van der Waals surface area contributed by atoms with Crippen molar-refractivity contribution in [1.29, 1.82) is 0 Å². The molecule has 0 saturated carbocycles. The SMILES string of the molecule is NC(=O)C(=O)N/N=C/c1sc(Nc2ccccc2Cl)nc1Cl. The molecule has 0 aliphatic rings. The Kier molecular flexibility index (Phi) is 5.31. The van der Waals surface area contributed by atoms with Crippen molar-refractivity contribution < 1.29 is 9.59 Å². The lowest BCUT2D eigenvalue weighted by Crippen LogP contribution is -2.32. The second-order valence-corrected chi connectivity index (χ2v) is 5.64. The summed E-state index contributed by atoms with van der Waals surface area (Å²) in [4.78, 5) is 26.0. The lowest BCUT2D eigenvalue weighted by Gasteiger charge is -2.03. The molecule has 0 unspecified atom stereocenters. The van der Waals surface area contributed by atoms with Crippen molar-refractivity contribution in [3.63, 3.8) is 0 Å². The molecule has 4 N–H and O–H groups in total. The molecule has 0 radical (unpaired) electrons. The molecular weight excluding hydrogens is 349 g/mol. The molecule has 0 atom stereocenters. The Morgan fingerprint density at radius 1 is 1.32 bits per heavy atom. The molecule has 7 nitrogen and oxygen atoms in total. The number of hydrogen-bond acceptors (Lipinski definition) is 6. The van der Waals surface area contributed by atoms with Gasteiger partial charge in [-0.15, -0.1) is 0 Å². The minimum absolute atomic E-state index is 0.191. The van der Waals surface area contributed by atoms with Crippen molar-refractivity contribution in [3.8, 4) is 0 Å². The van der Waals surface area contributed by atoms with Gasteiger partial charge in [0.25, 0.3) is 0 Å². The smallest absolute Gasteiger partial charge is 0.329 e. The highest BCUT2D eigenvalue weighted by Crippen LogP contribution is 2.30. The van der Waals surface area contributed by atoms with Crippen molar-refractivity contribution in [2.75, 3.05) is 5.32 Å². The van der Waals surface area contributed by atoms with Crippen LogP contribution in [0.25, 0.3) is 0 Å². The van der Waals surface area contributed by atoms with Crippen molar-refractivity contribution in [2.24, 2.45) is 10.8 Å². The van der Waals surface area contributed by atoms with Gasteiger partial charge in [-0.05, 0) is 12.1 Å². The number of primary amides is 1. The Balaban J connectivity index is 2.08. The van der Waals surface area contributed by atoms with Crippen molar-refractivity contribution in [1.82, 2.24) is 10.4 Å². The van der Waals surface area contributed by atoms with Gasteiger partial charge in [-0.1, -0.05) is 46.7 Å². The molecule has 1 aromatic carbocycles. The van der Waals surface area contributed by atoms with Crippen LogP contribution in [0, 0.1) is 0 Å². The summed E-state index contributed by atoms with van der Waals surface area (Å²) >= 11 is 13.2. The standard InChI is InChI=1S/C12H9Cl2N5O2S/c13-6-3-1-2-4-7(6)17-12-18-9(14)8(22-12)5-16-19-11(21)10(15)20/h1-5H,(H2,15,20)(H,17,18)(H,19,21)/b16-5+. The van der Waals surface area contributed by atoms with E-state index in [9.17, 15) is 9.59 Å². The first kappa shape index (κ1) is 16.2. The van der Waals surface area contributed by atoms with E-state index in [4.69, 9.17) is 28.9 Å². The van der Waals surface area contributed by atoms with Crippen LogP contribution in [0.3, 0.4) is 0 Å². The van der Waals surface area contributed by atoms with Crippen LogP contribution < -0.4 is 16.5 Å². The monoisotopic (exact) mass is 357 g/mol. The first-order chi connectivity index (χ1) is 10.5. The van der Waals surface area contributed by atoms with E-state index < -0.39 is 11.8 Å². The fraction of sp³-hybridized carbons (Fsp3) is 0. The number of amides is 2. The fourth-order valence-electron chi connectivity index (χ4n) is 1.33. The fourth-order valence-corrected chi connectivity index (χ4v) is 2.55. The number of anilines is 2. The summed E-state index contributed by atoms with van der Waals surface area (Å²) in [5.74, 6) is -2.15. The van der Waals surface area contributed by atoms with Gasteiger partial charge in [0.05, 0.1) is 21.8 Å². The maximum Gasteiger partial charge on any atom is 0.329 e. The lowest BCUT2D eigenvalue weighted by atomic mass is 10.3. The van der Waals surface area contributed by atoms with Gasteiger partial charge in [0.1, 0.15) is 0 Å². The molecule has 0 aliphatic heterocycles. The number of thiazole rings is 1. The molecule has 2 rings (SSSR count). The van der Waals surface area contributed by atoms with Crippen LogP contribution in [0.2, 0.25) is 10.2 Å². The van der Waals surface area contributed by atoms with E-state index >= 15 is 0 Å². The summed E-state index contributed by atoms with van der Waals surface area (Å²) in [5.41, 5.74) is 7.41. The number of para-hydroxylation sites is 1. The average molecular weight is 358 g/mol. The van der Waals surface area contributed by atoms with E-state index in [-0.39, 0.29) is 5.15 Å². The molecule has 0 aliphatic carbocycles. The molecule has 0 fully saturated rings. The molecule has 10 heteroatoms. The zero-order chi connectivity index (χ0) is 16.1. The van der Waals surface area contributed by atoms with Crippen LogP contribution in [-0.4, -0.2) is 23.0 Å². The number of carbonyl (C=O) groups excluding carboxylic acids is 2. The Hall–Kier alpha value is -2.16. The van der Waals surface area contributed by atoms with Gasteiger partial charge < -0.3 is 11.1 Å². The van der Waals surface area contributed by atoms with E-state index in [2.05, 4.69) is 15.4 Å². The van der Waals surface area contributed by atoms with Gasteiger partial charge in [0.2, 0.25) is 0 Å². The first-order valence-electron chi connectivity index (χ1n) is 5.78. The highest BCUT2D eigenvalue weighted by Gasteiger charge is 2.10. The third-order valence-corrected chi connectivity index (χ3v) is 3.93. The Morgan fingerprint density at radius 2 is 2.05 bits per heavy atom. The van der Waals surface area contributed by atoms with E-state index in [1.807, 2.05) is 17.6 Å². The number of nitrogens with two attached hydrogens (primary N) is 1. The summed E-state index contributed by atoms with van der Waals surface area (Å²) in [6, 6.07) is 7.16. The number of hydrogen-bond donors (Lipinski definition) is 3. The molecule has 1 heterocycles. The van der Waals surface area contributed by atoms with Crippen LogP contribution >= 0.6 is 34.5 Å². The van der Waals surface area contributed by atoms with Gasteiger partial charge in [-0.25, -0.2) is 10.4 Å². The lowest BCUT2D eigenvalue weighted by molar-refractivity contribution is -0.137. The second kappa shape index (κ2) is 7.21. The summed E-state index contributed by atoms with van der Waals surface area (Å²) in [6.07, 6.45) is 1.26. The van der Waals surface area contributed by atoms with Gasteiger partial charge in [0.15, 0.2) is 10.3 Å². The maximum absolute atomic E-state index is 10.9. The van der Waals surface area contributed by atoms with Gasteiger partial charge >= 0.3 is 11.8 Å². The molecule has 0 bridgehead atoms. The van der Waals surface area contributed by atoms with Crippen LogP contribution in [-0.2, 0) is 9.59 Å². The summed E-state index contributed by atoms with van der Waals surface area (Å²) in [7, 11) is 0. The molecule has 0 spiro atoms. The van der Waals surface area contributed by atoms with E-state index in [1.165, 1.54) is 17.6 Å². The topological polar surface area (TPSA) is 109 Å².